The molecule has 33 heavy (non-hydrogen) atoms. The molecule has 0 aliphatic carbocycles. The second kappa shape index (κ2) is 11.1. The number of aromatic amines is 1. The number of nitrogens with zero attached hydrogens (tertiary/aromatic N) is 1. The number of pyridine rings is 1. The van der Waals surface area contributed by atoms with E-state index >= 15 is 0 Å². The molecule has 2 aromatic heterocycles. The van der Waals surface area contributed by atoms with Crippen LogP contribution in [0.1, 0.15) is 16.0 Å². The molecule has 0 saturated heterocycles. The minimum atomic E-state index is -0.261. The van der Waals surface area contributed by atoms with Gasteiger partial charge in [-0.25, -0.2) is 0 Å². The van der Waals surface area contributed by atoms with Gasteiger partial charge in [0.05, 0.1) is 4.88 Å². The van der Waals surface area contributed by atoms with Crippen LogP contribution in [-0.4, -0.2) is 28.3 Å². The molecule has 2 aromatic carbocycles. The molecular weight excluding hydrogens is 438 g/mol. The largest absolute Gasteiger partial charge is 0.494 e. The van der Waals surface area contributed by atoms with Crippen LogP contribution >= 0.6 is 11.3 Å². The summed E-state index contributed by atoms with van der Waals surface area (Å²) in [6.07, 6.45) is 7.71. The van der Waals surface area contributed by atoms with Gasteiger partial charge in [0, 0.05) is 30.6 Å². The van der Waals surface area contributed by atoms with Crippen LogP contribution in [0.15, 0.2) is 84.1 Å². The van der Waals surface area contributed by atoms with Crippen molar-refractivity contribution in [3.63, 3.8) is 0 Å². The van der Waals surface area contributed by atoms with E-state index in [-0.39, 0.29) is 10.8 Å². The molecule has 2 heterocycles. The molecule has 3 N–H and O–H groups in total. The van der Waals surface area contributed by atoms with Gasteiger partial charge in [0.25, 0.3) is 0 Å². The van der Waals surface area contributed by atoms with Crippen LogP contribution in [0, 0.1) is 0 Å². The number of ether oxygens (including phenoxy) is 1. The van der Waals surface area contributed by atoms with Gasteiger partial charge in [-0.05, 0) is 41.0 Å². The summed E-state index contributed by atoms with van der Waals surface area (Å²) in [6, 6.07) is 19.7. The second-order valence-corrected chi connectivity index (χ2v) is 8.20. The molecule has 0 fully saturated rings. The Labute approximate surface area is 195 Å². The molecule has 168 valence electrons. The number of thiazole rings is 1. The quantitative estimate of drug-likeness (QED) is 0.240. The van der Waals surface area contributed by atoms with E-state index in [2.05, 4.69) is 33.6 Å². The number of rotatable bonds is 10. The van der Waals surface area contributed by atoms with E-state index in [1.165, 1.54) is 0 Å². The predicted octanol–water partition coefficient (Wildman–Crippen LogP) is 4.37. The Morgan fingerprint density at radius 1 is 1.03 bits per heavy atom. The number of hydrogen-bond donors (Lipinski definition) is 3. The van der Waals surface area contributed by atoms with Crippen LogP contribution in [0.2, 0.25) is 0 Å². The van der Waals surface area contributed by atoms with E-state index in [0.717, 1.165) is 33.6 Å². The maximum Gasteiger partial charge on any atom is 0.307 e. The summed E-state index contributed by atoms with van der Waals surface area (Å²) in [6.45, 7) is 0.741. The SMILES string of the molecule is O=c1[nH]c(O)c(Cc2ccc(OCCONC=Cc3cncc(-c4ccccc4)c3)cc2)s1. The van der Waals surface area contributed by atoms with Crippen molar-refractivity contribution < 1.29 is 14.7 Å². The third-order valence-electron chi connectivity index (χ3n) is 4.74. The van der Waals surface area contributed by atoms with Crippen molar-refractivity contribution in [2.24, 2.45) is 0 Å². The highest BCUT2D eigenvalue weighted by molar-refractivity contribution is 7.09. The van der Waals surface area contributed by atoms with E-state index in [4.69, 9.17) is 9.57 Å². The molecule has 0 amide bonds. The van der Waals surface area contributed by atoms with Gasteiger partial charge in [0.1, 0.15) is 19.0 Å². The number of hydrogen-bond acceptors (Lipinski definition) is 7. The van der Waals surface area contributed by atoms with Crippen LogP contribution in [-0.2, 0) is 11.3 Å². The summed E-state index contributed by atoms with van der Waals surface area (Å²) in [4.78, 5) is 23.7. The first-order valence-electron chi connectivity index (χ1n) is 10.3. The van der Waals surface area contributed by atoms with E-state index in [1.807, 2.05) is 54.7 Å². The molecule has 8 heteroatoms. The van der Waals surface area contributed by atoms with Gasteiger partial charge in [-0.1, -0.05) is 53.8 Å². The van der Waals surface area contributed by atoms with Crippen LogP contribution in [0.5, 0.6) is 11.6 Å². The minimum Gasteiger partial charge on any atom is -0.494 e. The zero-order valence-electron chi connectivity index (χ0n) is 17.7. The number of benzene rings is 2. The maximum atomic E-state index is 11.3. The lowest BCUT2D eigenvalue weighted by molar-refractivity contribution is 0.0484. The van der Waals surface area contributed by atoms with Crippen LogP contribution in [0.25, 0.3) is 17.2 Å². The predicted molar refractivity (Wildman–Crippen MR) is 129 cm³/mol. The summed E-state index contributed by atoms with van der Waals surface area (Å²) in [5, 5.41) is 9.68. The van der Waals surface area contributed by atoms with Crippen molar-refractivity contribution in [3.8, 4) is 22.8 Å². The highest BCUT2D eigenvalue weighted by atomic mass is 32.1. The number of aromatic nitrogens is 2. The fraction of sp³-hybridized carbons (Fsp3) is 0.120. The number of nitrogens with one attached hydrogen (secondary N) is 2. The van der Waals surface area contributed by atoms with Gasteiger partial charge in [-0.3, -0.25) is 25.1 Å². The van der Waals surface area contributed by atoms with Crippen molar-refractivity contribution >= 4 is 17.4 Å². The normalized spacial score (nSPS) is 11.0. The van der Waals surface area contributed by atoms with Crippen molar-refractivity contribution in [2.45, 2.75) is 6.42 Å². The smallest absolute Gasteiger partial charge is 0.307 e. The summed E-state index contributed by atoms with van der Waals surface area (Å²) >= 11 is 1.01. The third kappa shape index (κ3) is 6.55. The molecule has 0 bridgehead atoms. The van der Waals surface area contributed by atoms with E-state index in [0.29, 0.717) is 30.3 Å². The zero-order chi connectivity index (χ0) is 22.9. The van der Waals surface area contributed by atoms with Gasteiger partial charge in [0.2, 0.25) is 5.88 Å². The molecule has 0 aliphatic rings. The van der Waals surface area contributed by atoms with Gasteiger partial charge in [-0.2, -0.15) is 0 Å². The van der Waals surface area contributed by atoms with Crippen LogP contribution < -0.4 is 15.1 Å². The molecule has 7 nitrogen and oxygen atoms in total. The fourth-order valence-corrected chi connectivity index (χ4v) is 3.89. The highest BCUT2D eigenvalue weighted by Gasteiger charge is 2.07. The maximum absolute atomic E-state index is 11.3. The number of H-pyrrole nitrogens is 1. The Balaban J connectivity index is 1.17. The van der Waals surface area contributed by atoms with E-state index in [1.54, 1.807) is 12.4 Å². The lowest BCUT2D eigenvalue weighted by atomic mass is 10.1. The van der Waals surface area contributed by atoms with Crippen molar-refractivity contribution in [1.29, 1.82) is 0 Å². The molecule has 0 radical (unpaired) electrons. The lowest BCUT2D eigenvalue weighted by Gasteiger charge is -2.07. The molecular formula is C25H23N3O4S. The number of aromatic hydroxyl groups is 1. The van der Waals surface area contributed by atoms with Crippen molar-refractivity contribution in [3.05, 3.63) is 105 Å². The Kier molecular flexibility index (Phi) is 7.52. The average Bonchev–Trinajstić information content (AvgIpc) is 3.16. The highest BCUT2D eigenvalue weighted by Crippen LogP contribution is 2.22. The number of hydroxylamine groups is 1. The lowest BCUT2D eigenvalue weighted by Crippen LogP contribution is -2.13. The van der Waals surface area contributed by atoms with E-state index < -0.39 is 0 Å². The second-order valence-electron chi connectivity index (χ2n) is 7.13. The molecule has 0 unspecified atom stereocenters. The molecule has 0 saturated carbocycles. The van der Waals surface area contributed by atoms with Crippen LogP contribution in [0.3, 0.4) is 0 Å². The third-order valence-corrected chi connectivity index (χ3v) is 5.61. The Morgan fingerprint density at radius 3 is 2.61 bits per heavy atom. The summed E-state index contributed by atoms with van der Waals surface area (Å²) in [7, 11) is 0. The van der Waals surface area contributed by atoms with Gasteiger partial charge < -0.3 is 9.84 Å². The molecule has 0 aliphatic heterocycles. The zero-order valence-corrected chi connectivity index (χ0v) is 18.5. The summed E-state index contributed by atoms with van der Waals surface area (Å²) < 4.78 is 5.67. The summed E-state index contributed by atoms with van der Waals surface area (Å²) in [5.41, 5.74) is 6.89. The van der Waals surface area contributed by atoms with E-state index in [9.17, 15) is 9.90 Å². The molecule has 0 atom stereocenters. The Morgan fingerprint density at radius 2 is 1.85 bits per heavy atom. The Hall–Kier alpha value is -3.88. The first-order valence-corrected chi connectivity index (χ1v) is 11.2. The van der Waals surface area contributed by atoms with Crippen molar-refractivity contribution in [1.82, 2.24) is 15.4 Å². The van der Waals surface area contributed by atoms with Gasteiger partial charge in [-0.15, -0.1) is 0 Å². The van der Waals surface area contributed by atoms with Gasteiger partial charge >= 0.3 is 4.87 Å². The van der Waals surface area contributed by atoms with Gasteiger partial charge in [0.15, 0.2) is 0 Å². The minimum absolute atomic E-state index is 0.0656. The average molecular weight is 462 g/mol. The fourth-order valence-electron chi connectivity index (χ4n) is 3.14. The molecule has 4 aromatic rings. The monoisotopic (exact) mass is 461 g/mol. The standard InChI is InChI=1S/C25H23N3O4S/c29-24-23(33-25(30)28-24)15-18-6-8-22(9-7-18)31-12-13-32-27-11-10-19-14-21(17-26-16-19)20-4-2-1-3-5-20/h1-11,14,16-17,27,29H,12-13,15H2,(H,28,30). The molecule has 0 spiro atoms. The molecule has 4 rings (SSSR count). The van der Waals surface area contributed by atoms with Crippen molar-refractivity contribution in [2.75, 3.05) is 13.2 Å². The van der Waals surface area contributed by atoms with Crippen LogP contribution in [0.4, 0.5) is 0 Å². The summed E-state index contributed by atoms with van der Waals surface area (Å²) in [5.74, 6) is 0.650. The first kappa shape index (κ1) is 22.3. The Bertz CT molecular complexity index is 1250. The topological polar surface area (TPSA) is 96.5 Å². The first-order chi connectivity index (χ1) is 16.2.